The number of nitrogens with zero attached hydrogens (tertiary/aromatic N) is 2. The van der Waals surface area contributed by atoms with Gasteiger partial charge in [0.25, 0.3) is 11.6 Å². The van der Waals surface area contributed by atoms with Crippen LogP contribution in [-0.2, 0) is 4.79 Å². The van der Waals surface area contributed by atoms with E-state index in [1.165, 1.54) is 24.3 Å². The molecule has 0 spiro atoms. The highest BCUT2D eigenvalue weighted by Gasteiger charge is 2.38. The Kier molecular flexibility index (Phi) is 3.93. The Morgan fingerprint density at radius 3 is 2.19 bits per heavy atom. The van der Waals surface area contributed by atoms with E-state index in [4.69, 9.17) is 5.11 Å². The number of hydrogen-bond donors (Lipinski definition) is 1. The molecular formula is C14H16N2O5. The summed E-state index contributed by atoms with van der Waals surface area (Å²) in [6.45, 7) is 2.43. The fourth-order valence-electron chi connectivity index (χ4n) is 2.33. The molecule has 1 aliphatic heterocycles. The van der Waals surface area contributed by atoms with Crippen LogP contribution in [0.5, 0.6) is 0 Å². The standard InChI is InChI=1S/C14H16N2O5/c1-14(13(18)19)6-8-15(9-7-14)12(17)10-2-4-11(5-3-10)16(20)21/h2-5H,6-9H2,1H3,(H,18,19). The molecule has 0 atom stereocenters. The third kappa shape index (κ3) is 3.01. The highest BCUT2D eigenvalue weighted by molar-refractivity contribution is 5.94. The first-order valence-electron chi connectivity index (χ1n) is 6.61. The predicted molar refractivity (Wildman–Crippen MR) is 74.0 cm³/mol. The van der Waals surface area contributed by atoms with E-state index in [1.807, 2.05) is 0 Å². The number of piperidine rings is 1. The van der Waals surface area contributed by atoms with E-state index in [0.29, 0.717) is 31.5 Å². The number of amides is 1. The van der Waals surface area contributed by atoms with Crippen molar-refractivity contribution in [1.29, 1.82) is 0 Å². The van der Waals surface area contributed by atoms with E-state index in [1.54, 1.807) is 11.8 Å². The van der Waals surface area contributed by atoms with E-state index >= 15 is 0 Å². The number of carboxylic acids is 1. The molecule has 7 heteroatoms. The summed E-state index contributed by atoms with van der Waals surface area (Å²) in [6.07, 6.45) is 0.808. The molecule has 1 aromatic carbocycles. The van der Waals surface area contributed by atoms with Crippen LogP contribution in [0.2, 0.25) is 0 Å². The fourth-order valence-corrected chi connectivity index (χ4v) is 2.33. The van der Waals surface area contributed by atoms with Gasteiger partial charge in [-0.05, 0) is 31.9 Å². The van der Waals surface area contributed by atoms with Crippen LogP contribution in [0.15, 0.2) is 24.3 Å². The quantitative estimate of drug-likeness (QED) is 0.677. The first-order chi connectivity index (χ1) is 9.83. The Labute approximate surface area is 121 Å². The second-order valence-corrected chi connectivity index (χ2v) is 5.46. The summed E-state index contributed by atoms with van der Waals surface area (Å²) in [5.41, 5.74) is -0.477. The number of rotatable bonds is 3. The van der Waals surface area contributed by atoms with Gasteiger partial charge in [-0.3, -0.25) is 19.7 Å². The molecule has 2 rings (SSSR count). The molecule has 1 heterocycles. The van der Waals surface area contributed by atoms with Crippen LogP contribution in [0.1, 0.15) is 30.1 Å². The van der Waals surface area contributed by atoms with Gasteiger partial charge in [0, 0.05) is 30.8 Å². The van der Waals surface area contributed by atoms with Gasteiger partial charge in [0.2, 0.25) is 0 Å². The van der Waals surface area contributed by atoms with Crippen molar-refractivity contribution in [2.75, 3.05) is 13.1 Å². The molecule has 0 radical (unpaired) electrons. The lowest BCUT2D eigenvalue weighted by Gasteiger charge is -2.36. The Morgan fingerprint density at radius 2 is 1.76 bits per heavy atom. The highest BCUT2D eigenvalue weighted by atomic mass is 16.6. The van der Waals surface area contributed by atoms with Crippen molar-refractivity contribution >= 4 is 17.6 Å². The minimum atomic E-state index is -0.843. The SMILES string of the molecule is CC1(C(=O)O)CCN(C(=O)c2ccc([N+](=O)[O-])cc2)CC1. The average molecular weight is 292 g/mol. The molecule has 112 valence electrons. The van der Waals surface area contributed by atoms with Gasteiger partial charge in [-0.1, -0.05) is 0 Å². The second-order valence-electron chi connectivity index (χ2n) is 5.46. The van der Waals surface area contributed by atoms with Gasteiger partial charge in [-0.15, -0.1) is 0 Å². The monoisotopic (exact) mass is 292 g/mol. The number of benzene rings is 1. The highest BCUT2D eigenvalue weighted by Crippen LogP contribution is 2.31. The number of aliphatic carboxylic acids is 1. The molecule has 7 nitrogen and oxygen atoms in total. The smallest absolute Gasteiger partial charge is 0.309 e. The van der Waals surface area contributed by atoms with Gasteiger partial charge < -0.3 is 10.0 Å². The molecule has 0 bridgehead atoms. The largest absolute Gasteiger partial charge is 0.481 e. The summed E-state index contributed by atoms with van der Waals surface area (Å²) >= 11 is 0. The lowest BCUT2D eigenvalue weighted by Crippen LogP contribution is -2.45. The molecule has 1 saturated heterocycles. The van der Waals surface area contributed by atoms with Gasteiger partial charge in [-0.25, -0.2) is 0 Å². The molecule has 0 aromatic heterocycles. The van der Waals surface area contributed by atoms with E-state index in [2.05, 4.69) is 0 Å². The summed E-state index contributed by atoms with van der Waals surface area (Å²) in [5.74, 6) is -1.07. The molecule has 0 saturated carbocycles. The maximum Gasteiger partial charge on any atom is 0.309 e. The number of carbonyl (C=O) groups excluding carboxylic acids is 1. The zero-order valence-corrected chi connectivity index (χ0v) is 11.6. The Morgan fingerprint density at radius 1 is 1.24 bits per heavy atom. The maximum absolute atomic E-state index is 12.3. The van der Waals surface area contributed by atoms with Crippen molar-refractivity contribution < 1.29 is 19.6 Å². The van der Waals surface area contributed by atoms with Crippen LogP contribution in [0.3, 0.4) is 0 Å². The summed E-state index contributed by atoms with van der Waals surface area (Å²) in [7, 11) is 0. The van der Waals surface area contributed by atoms with Gasteiger partial charge in [0.1, 0.15) is 0 Å². The Bertz CT molecular complexity index is 574. The fraction of sp³-hybridized carbons (Fsp3) is 0.429. The molecule has 1 N–H and O–H groups in total. The van der Waals surface area contributed by atoms with E-state index < -0.39 is 16.3 Å². The minimum absolute atomic E-state index is 0.0661. The van der Waals surface area contributed by atoms with Crippen LogP contribution < -0.4 is 0 Å². The van der Waals surface area contributed by atoms with Crippen molar-refractivity contribution in [1.82, 2.24) is 4.90 Å². The van der Waals surface area contributed by atoms with Crippen molar-refractivity contribution in [3.8, 4) is 0 Å². The Hall–Kier alpha value is -2.44. The van der Waals surface area contributed by atoms with Crippen LogP contribution in [0, 0.1) is 15.5 Å². The van der Waals surface area contributed by atoms with Gasteiger partial charge >= 0.3 is 5.97 Å². The van der Waals surface area contributed by atoms with Gasteiger partial charge in [0.15, 0.2) is 0 Å². The number of carbonyl (C=O) groups is 2. The van der Waals surface area contributed by atoms with Crippen LogP contribution in [-0.4, -0.2) is 39.9 Å². The van der Waals surface area contributed by atoms with E-state index in [-0.39, 0.29) is 11.6 Å². The molecule has 1 aromatic rings. The van der Waals surface area contributed by atoms with E-state index in [9.17, 15) is 19.7 Å². The third-order valence-electron chi connectivity index (χ3n) is 4.00. The van der Waals surface area contributed by atoms with Gasteiger partial charge in [-0.2, -0.15) is 0 Å². The zero-order valence-electron chi connectivity index (χ0n) is 11.6. The second kappa shape index (κ2) is 5.51. The van der Waals surface area contributed by atoms with Crippen molar-refractivity contribution in [3.63, 3.8) is 0 Å². The van der Waals surface area contributed by atoms with Crippen LogP contribution in [0.4, 0.5) is 5.69 Å². The number of nitro benzene ring substituents is 1. The lowest BCUT2D eigenvalue weighted by molar-refractivity contribution is -0.384. The number of non-ortho nitro benzene ring substituents is 1. The average Bonchev–Trinajstić information content (AvgIpc) is 2.47. The van der Waals surface area contributed by atoms with E-state index in [0.717, 1.165) is 0 Å². The maximum atomic E-state index is 12.3. The zero-order chi connectivity index (χ0) is 15.6. The third-order valence-corrected chi connectivity index (χ3v) is 4.00. The molecule has 0 unspecified atom stereocenters. The van der Waals surface area contributed by atoms with Crippen LogP contribution >= 0.6 is 0 Å². The Balaban J connectivity index is 2.05. The number of hydrogen-bond acceptors (Lipinski definition) is 4. The number of nitro groups is 1. The predicted octanol–water partition coefficient (Wildman–Crippen LogP) is 1.92. The minimum Gasteiger partial charge on any atom is -0.481 e. The summed E-state index contributed by atoms with van der Waals surface area (Å²) in [4.78, 5) is 35.1. The normalized spacial score (nSPS) is 17.3. The summed E-state index contributed by atoms with van der Waals surface area (Å²) in [5, 5.41) is 19.7. The molecule has 21 heavy (non-hydrogen) atoms. The summed E-state index contributed by atoms with van der Waals surface area (Å²) < 4.78 is 0. The summed E-state index contributed by atoms with van der Waals surface area (Å²) in [6, 6.07) is 5.42. The number of carboxylic acid groups (broad SMARTS) is 1. The lowest BCUT2D eigenvalue weighted by atomic mass is 9.80. The molecule has 1 fully saturated rings. The first kappa shape index (κ1) is 15.0. The molecule has 1 amide bonds. The molecule has 1 aliphatic rings. The van der Waals surface area contributed by atoms with Crippen molar-refractivity contribution in [2.24, 2.45) is 5.41 Å². The topological polar surface area (TPSA) is 101 Å². The molecular weight excluding hydrogens is 276 g/mol. The van der Waals surface area contributed by atoms with Crippen LogP contribution in [0.25, 0.3) is 0 Å². The van der Waals surface area contributed by atoms with Gasteiger partial charge in [0.05, 0.1) is 10.3 Å². The van der Waals surface area contributed by atoms with Crippen molar-refractivity contribution in [2.45, 2.75) is 19.8 Å². The van der Waals surface area contributed by atoms with Crippen molar-refractivity contribution in [3.05, 3.63) is 39.9 Å². The number of likely N-dealkylation sites (tertiary alicyclic amines) is 1. The first-order valence-corrected chi connectivity index (χ1v) is 6.61. The molecule has 0 aliphatic carbocycles.